The van der Waals surface area contributed by atoms with Gasteiger partial charge in [0.05, 0.1) is 0 Å². The zero-order valence-electron chi connectivity index (χ0n) is 9.71. The van der Waals surface area contributed by atoms with Crippen molar-refractivity contribution in [2.24, 2.45) is 5.73 Å². The van der Waals surface area contributed by atoms with Gasteiger partial charge in [0.25, 0.3) is 0 Å². The lowest BCUT2D eigenvalue weighted by molar-refractivity contribution is -0.121. The van der Waals surface area contributed by atoms with Gasteiger partial charge in [-0.2, -0.15) is 0 Å². The van der Waals surface area contributed by atoms with Crippen molar-refractivity contribution in [3.63, 3.8) is 0 Å². The van der Waals surface area contributed by atoms with Gasteiger partial charge in [-0.3, -0.25) is 4.79 Å². The van der Waals surface area contributed by atoms with Gasteiger partial charge in [0.15, 0.2) is 0 Å². The standard InChI is InChI=1S/C10H23N3O/c1-8(11)5-6-10(14)12-9(2)7-13(3)4/h8-9H,5-7,11H2,1-4H3,(H,12,14). The number of likely N-dealkylation sites (N-methyl/N-ethyl adjacent to an activating group) is 1. The molecule has 84 valence electrons. The molecule has 1 amide bonds. The molecule has 0 rings (SSSR count). The van der Waals surface area contributed by atoms with Crippen LogP contribution in [0.4, 0.5) is 0 Å². The lowest BCUT2D eigenvalue weighted by atomic mass is 10.2. The van der Waals surface area contributed by atoms with Crippen LogP contribution in [-0.2, 0) is 4.79 Å². The highest BCUT2D eigenvalue weighted by molar-refractivity contribution is 5.76. The SMILES string of the molecule is CC(N)CCC(=O)NC(C)CN(C)C. The maximum Gasteiger partial charge on any atom is 0.220 e. The molecule has 0 aliphatic rings. The Morgan fingerprint density at radius 1 is 1.43 bits per heavy atom. The van der Waals surface area contributed by atoms with Gasteiger partial charge in [0.2, 0.25) is 5.91 Å². The van der Waals surface area contributed by atoms with E-state index in [0.717, 1.165) is 13.0 Å². The van der Waals surface area contributed by atoms with Crippen molar-refractivity contribution >= 4 is 5.91 Å². The molecule has 3 N–H and O–H groups in total. The van der Waals surface area contributed by atoms with Crippen LogP contribution in [0.5, 0.6) is 0 Å². The van der Waals surface area contributed by atoms with E-state index in [4.69, 9.17) is 5.73 Å². The number of hydrogen-bond acceptors (Lipinski definition) is 3. The molecule has 0 saturated heterocycles. The molecule has 14 heavy (non-hydrogen) atoms. The molecule has 0 aromatic rings. The maximum absolute atomic E-state index is 11.4. The summed E-state index contributed by atoms with van der Waals surface area (Å²) in [5, 5.41) is 2.93. The van der Waals surface area contributed by atoms with Gasteiger partial charge < -0.3 is 16.0 Å². The van der Waals surface area contributed by atoms with Crippen molar-refractivity contribution in [3.8, 4) is 0 Å². The fraction of sp³-hybridized carbons (Fsp3) is 0.900. The minimum absolute atomic E-state index is 0.0941. The van der Waals surface area contributed by atoms with Gasteiger partial charge >= 0.3 is 0 Å². The van der Waals surface area contributed by atoms with Crippen LogP contribution in [0.2, 0.25) is 0 Å². The van der Waals surface area contributed by atoms with Crippen LogP contribution in [0.1, 0.15) is 26.7 Å². The molecule has 0 spiro atoms. The number of amides is 1. The van der Waals surface area contributed by atoms with E-state index in [1.54, 1.807) is 0 Å². The predicted molar refractivity (Wildman–Crippen MR) is 59.0 cm³/mol. The van der Waals surface area contributed by atoms with Gasteiger partial charge in [-0.05, 0) is 34.4 Å². The second-order valence-corrected chi connectivity index (χ2v) is 4.25. The zero-order valence-corrected chi connectivity index (χ0v) is 9.71. The monoisotopic (exact) mass is 201 g/mol. The fourth-order valence-electron chi connectivity index (χ4n) is 1.30. The van der Waals surface area contributed by atoms with E-state index < -0.39 is 0 Å². The van der Waals surface area contributed by atoms with Crippen molar-refractivity contribution < 1.29 is 4.79 Å². The third kappa shape index (κ3) is 8.01. The Bertz CT molecular complexity index is 169. The molecular weight excluding hydrogens is 178 g/mol. The van der Waals surface area contributed by atoms with E-state index in [0.29, 0.717) is 6.42 Å². The van der Waals surface area contributed by atoms with Gasteiger partial charge in [-0.1, -0.05) is 0 Å². The van der Waals surface area contributed by atoms with Crippen LogP contribution in [0.15, 0.2) is 0 Å². The lowest BCUT2D eigenvalue weighted by Gasteiger charge is -2.18. The summed E-state index contributed by atoms with van der Waals surface area (Å²) in [6.45, 7) is 4.78. The summed E-state index contributed by atoms with van der Waals surface area (Å²) >= 11 is 0. The summed E-state index contributed by atoms with van der Waals surface area (Å²) in [4.78, 5) is 13.4. The molecule has 0 aliphatic carbocycles. The highest BCUT2D eigenvalue weighted by Crippen LogP contribution is 1.94. The molecule has 0 aliphatic heterocycles. The number of rotatable bonds is 6. The number of nitrogens with one attached hydrogen (secondary N) is 1. The molecule has 0 radical (unpaired) electrons. The van der Waals surface area contributed by atoms with Gasteiger partial charge in [-0.25, -0.2) is 0 Å². The van der Waals surface area contributed by atoms with Crippen molar-refractivity contribution in [1.29, 1.82) is 0 Å². The molecule has 2 unspecified atom stereocenters. The summed E-state index contributed by atoms with van der Waals surface area (Å²) in [5.41, 5.74) is 5.56. The smallest absolute Gasteiger partial charge is 0.220 e. The predicted octanol–water partition coefficient (Wildman–Crippen LogP) is 0.180. The number of carbonyl (C=O) groups excluding carboxylic acids is 1. The molecule has 0 heterocycles. The first-order valence-electron chi connectivity index (χ1n) is 5.11. The average Bonchev–Trinajstić information content (AvgIpc) is 1.98. The molecule has 0 bridgehead atoms. The van der Waals surface area contributed by atoms with Crippen LogP contribution >= 0.6 is 0 Å². The molecular formula is C10H23N3O. The zero-order chi connectivity index (χ0) is 11.1. The first-order chi connectivity index (χ1) is 6.41. The molecule has 2 atom stereocenters. The number of nitrogens with two attached hydrogens (primary N) is 1. The quantitative estimate of drug-likeness (QED) is 0.644. The van der Waals surface area contributed by atoms with Crippen LogP contribution in [0.3, 0.4) is 0 Å². The molecule has 4 nitrogen and oxygen atoms in total. The molecule has 0 aromatic carbocycles. The van der Waals surface area contributed by atoms with Crippen molar-refractivity contribution in [2.45, 2.75) is 38.8 Å². The number of carbonyl (C=O) groups is 1. The Kier molecular flexibility index (Phi) is 6.49. The Labute approximate surface area is 86.8 Å². The number of hydrogen-bond donors (Lipinski definition) is 2. The minimum atomic E-state index is 0.0941. The van der Waals surface area contributed by atoms with Gasteiger partial charge in [0.1, 0.15) is 0 Å². The van der Waals surface area contributed by atoms with E-state index >= 15 is 0 Å². The summed E-state index contributed by atoms with van der Waals surface area (Å²) < 4.78 is 0. The summed E-state index contributed by atoms with van der Waals surface area (Å²) in [6, 6.07) is 0.301. The van der Waals surface area contributed by atoms with E-state index in [1.807, 2.05) is 27.9 Å². The van der Waals surface area contributed by atoms with Crippen molar-refractivity contribution in [3.05, 3.63) is 0 Å². The average molecular weight is 201 g/mol. The Hall–Kier alpha value is -0.610. The highest BCUT2D eigenvalue weighted by atomic mass is 16.1. The second-order valence-electron chi connectivity index (χ2n) is 4.25. The third-order valence-electron chi connectivity index (χ3n) is 1.87. The molecule has 0 aromatic heterocycles. The first kappa shape index (κ1) is 13.4. The molecule has 0 saturated carbocycles. The third-order valence-corrected chi connectivity index (χ3v) is 1.87. The largest absolute Gasteiger partial charge is 0.352 e. The topological polar surface area (TPSA) is 58.4 Å². The van der Waals surface area contributed by atoms with Gasteiger partial charge in [0, 0.05) is 25.0 Å². The van der Waals surface area contributed by atoms with Crippen LogP contribution < -0.4 is 11.1 Å². The van der Waals surface area contributed by atoms with E-state index in [1.165, 1.54) is 0 Å². The van der Waals surface area contributed by atoms with E-state index in [9.17, 15) is 4.79 Å². The van der Waals surface area contributed by atoms with E-state index in [2.05, 4.69) is 10.2 Å². The highest BCUT2D eigenvalue weighted by Gasteiger charge is 2.08. The second kappa shape index (κ2) is 6.79. The fourth-order valence-corrected chi connectivity index (χ4v) is 1.30. The Morgan fingerprint density at radius 2 is 2.00 bits per heavy atom. The van der Waals surface area contributed by atoms with Crippen molar-refractivity contribution in [2.75, 3.05) is 20.6 Å². The van der Waals surface area contributed by atoms with Crippen LogP contribution in [0, 0.1) is 0 Å². The summed E-state index contributed by atoms with van der Waals surface area (Å²) in [7, 11) is 3.98. The van der Waals surface area contributed by atoms with Crippen molar-refractivity contribution in [1.82, 2.24) is 10.2 Å². The number of nitrogens with zero attached hydrogens (tertiary/aromatic N) is 1. The van der Waals surface area contributed by atoms with Gasteiger partial charge in [-0.15, -0.1) is 0 Å². The maximum atomic E-state index is 11.4. The Morgan fingerprint density at radius 3 is 2.43 bits per heavy atom. The summed E-state index contributed by atoms with van der Waals surface area (Å²) in [5.74, 6) is 0.0941. The van der Waals surface area contributed by atoms with Crippen LogP contribution in [-0.4, -0.2) is 43.5 Å². The van der Waals surface area contributed by atoms with E-state index in [-0.39, 0.29) is 18.0 Å². The summed E-state index contributed by atoms with van der Waals surface area (Å²) in [6.07, 6.45) is 1.27. The first-order valence-corrected chi connectivity index (χ1v) is 5.11. The van der Waals surface area contributed by atoms with Crippen LogP contribution in [0.25, 0.3) is 0 Å². The lowest BCUT2D eigenvalue weighted by Crippen LogP contribution is -2.39. The molecule has 4 heteroatoms. The Balaban J connectivity index is 3.60. The molecule has 0 fully saturated rings. The normalized spacial score (nSPS) is 15.3. The minimum Gasteiger partial charge on any atom is -0.352 e.